The van der Waals surface area contributed by atoms with Gasteiger partial charge in [0, 0.05) is 18.8 Å². The highest BCUT2D eigenvalue weighted by atomic mass is 32.2. The second-order valence-electron chi connectivity index (χ2n) is 6.06. The lowest BCUT2D eigenvalue weighted by Gasteiger charge is -2.33. The highest BCUT2D eigenvalue weighted by molar-refractivity contribution is 7.89. The molecule has 0 bridgehead atoms. The molecule has 0 atom stereocenters. The standard InChI is InChI=1S/C15H24N2O2S/c1-11(2)13-4-6-17(7-5-13)20(18,19)15-9-12(3)8-14(16)10-15/h8-11,13H,4-7,16H2,1-3H3. The van der Waals surface area contributed by atoms with E-state index in [1.54, 1.807) is 22.5 Å². The van der Waals surface area contributed by atoms with Gasteiger partial charge in [0.15, 0.2) is 0 Å². The monoisotopic (exact) mass is 296 g/mol. The molecular formula is C15H24N2O2S. The van der Waals surface area contributed by atoms with E-state index in [1.807, 2.05) is 6.92 Å². The van der Waals surface area contributed by atoms with Gasteiger partial charge < -0.3 is 5.73 Å². The largest absolute Gasteiger partial charge is 0.399 e. The molecule has 1 aliphatic heterocycles. The van der Waals surface area contributed by atoms with Gasteiger partial charge >= 0.3 is 0 Å². The summed E-state index contributed by atoms with van der Waals surface area (Å²) in [4.78, 5) is 0.318. The average Bonchev–Trinajstić information content (AvgIpc) is 2.37. The van der Waals surface area contributed by atoms with E-state index in [9.17, 15) is 8.42 Å². The zero-order valence-electron chi connectivity index (χ0n) is 12.5. The number of piperidine rings is 1. The van der Waals surface area contributed by atoms with Crippen LogP contribution in [0.4, 0.5) is 5.69 Å². The smallest absolute Gasteiger partial charge is 0.243 e. The van der Waals surface area contributed by atoms with Gasteiger partial charge in [0.05, 0.1) is 4.90 Å². The first-order chi connectivity index (χ1) is 9.30. The number of nitrogens with two attached hydrogens (primary N) is 1. The Morgan fingerprint density at radius 3 is 2.30 bits per heavy atom. The van der Waals surface area contributed by atoms with Crippen molar-refractivity contribution in [3.05, 3.63) is 23.8 Å². The molecule has 5 heteroatoms. The molecule has 1 saturated heterocycles. The zero-order valence-corrected chi connectivity index (χ0v) is 13.3. The Labute approximate surface area is 122 Å². The highest BCUT2D eigenvalue weighted by Crippen LogP contribution is 2.28. The molecule has 1 fully saturated rings. The van der Waals surface area contributed by atoms with Crippen LogP contribution in [0, 0.1) is 18.8 Å². The zero-order chi connectivity index (χ0) is 14.9. The number of sulfonamides is 1. The lowest BCUT2D eigenvalue weighted by Crippen LogP contribution is -2.39. The van der Waals surface area contributed by atoms with Crippen molar-refractivity contribution in [2.75, 3.05) is 18.8 Å². The molecule has 0 aromatic heterocycles. The second kappa shape index (κ2) is 5.74. The van der Waals surface area contributed by atoms with E-state index >= 15 is 0 Å². The first-order valence-electron chi connectivity index (χ1n) is 7.18. The molecule has 1 aromatic rings. The number of nitrogens with zero attached hydrogens (tertiary/aromatic N) is 1. The summed E-state index contributed by atoms with van der Waals surface area (Å²) in [7, 11) is -3.40. The van der Waals surface area contributed by atoms with Gasteiger partial charge in [-0.15, -0.1) is 0 Å². The average molecular weight is 296 g/mol. The van der Waals surface area contributed by atoms with Crippen LogP contribution in [-0.2, 0) is 10.0 Å². The fourth-order valence-electron chi connectivity index (χ4n) is 2.86. The predicted octanol–water partition coefficient (Wildman–Crippen LogP) is 2.63. The Bertz CT molecular complexity index is 553. The lowest BCUT2D eigenvalue weighted by molar-refractivity contribution is 0.226. The SMILES string of the molecule is Cc1cc(N)cc(S(=O)(=O)N2CCC(C(C)C)CC2)c1. The van der Waals surface area contributed by atoms with Crippen molar-refractivity contribution >= 4 is 15.7 Å². The lowest BCUT2D eigenvalue weighted by atomic mass is 9.87. The molecule has 2 N–H and O–H groups in total. The van der Waals surface area contributed by atoms with E-state index in [0.717, 1.165) is 18.4 Å². The van der Waals surface area contributed by atoms with Gasteiger partial charge in [-0.25, -0.2) is 8.42 Å². The predicted molar refractivity (Wildman–Crippen MR) is 81.9 cm³/mol. The van der Waals surface area contributed by atoms with E-state index in [1.165, 1.54) is 0 Å². The number of hydrogen-bond acceptors (Lipinski definition) is 3. The van der Waals surface area contributed by atoms with Crippen molar-refractivity contribution in [2.24, 2.45) is 11.8 Å². The summed E-state index contributed by atoms with van der Waals surface area (Å²) in [5.41, 5.74) is 7.14. The number of benzene rings is 1. The van der Waals surface area contributed by atoms with Crippen LogP contribution in [0.1, 0.15) is 32.3 Å². The van der Waals surface area contributed by atoms with Gasteiger partial charge in [-0.05, 0) is 55.4 Å². The Balaban J connectivity index is 2.19. The molecule has 1 aliphatic rings. The Morgan fingerprint density at radius 1 is 1.20 bits per heavy atom. The fourth-order valence-corrected chi connectivity index (χ4v) is 4.47. The quantitative estimate of drug-likeness (QED) is 0.872. The third-order valence-electron chi connectivity index (χ3n) is 4.15. The maximum Gasteiger partial charge on any atom is 0.243 e. The Kier molecular flexibility index (Phi) is 4.39. The number of anilines is 1. The second-order valence-corrected chi connectivity index (χ2v) is 8.00. The minimum absolute atomic E-state index is 0.318. The third-order valence-corrected chi connectivity index (χ3v) is 6.03. The fraction of sp³-hybridized carbons (Fsp3) is 0.600. The Hall–Kier alpha value is -1.07. The summed E-state index contributed by atoms with van der Waals surface area (Å²) in [6.45, 7) is 7.49. The van der Waals surface area contributed by atoms with Gasteiger partial charge in [0.2, 0.25) is 10.0 Å². The first-order valence-corrected chi connectivity index (χ1v) is 8.62. The van der Waals surface area contributed by atoms with E-state index in [0.29, 0.717) is 35.5 Å². The van der Waals surface area contributed by atoms with Crippen molar-refractivity contribution in [1.82, 2.24) is 4.31 Å². The van der Waals surface area contributed by atoms with Crippen LogP contribution < -0.4 is 5.73 Å². The van der Waals surface area contributed by atoms with Crippen molar-refractivity contribution in [3.8, 4) is 0 Å². The van der Waals surface area contributed by atoms with Gasteiger partial charge in [0.1, 0.15) is 0 Å². The molecule has 0 unspecified atom stereocenters. The van der Waals surface area contributed by atoms with E-state index in [4.69, 9.17) is 5.73 Å². The van der Waals surface area contributed by atoms with Crippen molar-refractivity contribution in [2.45, 2.75) is 38.5 Å². The molecule has 0 aliphatic carbocycles. The molecular weight excluding hydrogens is 272 g/mol. The van der Waals surface area contributed by atoms with Crippen LogP contribution in [0.2, 0.25) is 0 Å². The van der Waals surface area contributed by atoms with Gasteiger partial charge in [-0.2, -0.15) is 4.31 Å². The number of aryl methyl sites for hydroxylation is 1. The highest BCUT2D eigenvalue weighted by Gasteiger charge is 2.30. The molecule has 0 saturated carbocycles. The van der Waals surface area contributed by atoms with Crippen LogP contribution in [0.3, 0.4) is 0 Å². The van der Waals surface area contributed by atoms with Gasteiger partial charge in [0.25, 0.3) is 0 Å². The van der Waals surface area contributed by atoms with E-state index < -0.39 is 10.0 Å². The molecule has 2 rings (SSSR count). The topological polar surface area (TPSA) is 63.4 Å². The van der Waals surface area contributed by atoms with Crippen LogP contribution in [0.15, 0.2) is 23.1 Å². The van der Waals surface area contributed by atoms with Crippen LogP contribution >= 0.6 is 0 Å². The maximum absolute atomic E-state index is 12.6. The third kappa shape index (κ3) is 3.15. The van der Waals surface area contributed by atoms with Crippen LogP contribution in [0.5, 0.6) is 0 Å². The first kappa shape index (κ1) is 15.3. The van der Waals surface area contributed by atoms with Gasteiger partial charge in [-0.1, -0.05) is 13.8 Å². The normalized spacial score (nSPS) is 18.6. The molecule has 4 nitrogen and oxygen atoms in total. The number of rotatable bonds is 3. The molecule has 0 amide bonds. The van der Waals surface area contributed by atoms with Gasteiger partial charge in [-0.3, -0.25) is 0 Å². The molecule has 1 heterocycles. The van der Waals surface area contributed by atoms with E-state index in [2.05, 4.69) is 13.8 Å². The van der Waals surface area contributed by atoms with Crippen LogP contribution in [0.25, 0.3) is 0 Å². The van der Waals surface area contributed by atoms with Crippen molar-refractivity contribution < 1.29 is 8.42 Å². The van der Waals surface area contributed by atoms with Crippen LogP contribution in [-0.4, -0.2) is 25.8 Å². The van der Waals surface area contributed by atoms with Crippen molar-refractivity contribution in [3.63, 3.8) is 0 Å². The summed E-state index contributed by atoms with van der Waals surface area (Å²) >= 11 is 0. The number of hydrogen-bond donors (Lipinski definition) is 1. The minimum Gasteiger partial charge on any atom is -0.399 e. The van der Waals surface area contributed by atoms with Crippen molar-refractivity contribution in [1.29, 1.82) is 0 Å². The summed E-state index contributed by atoms with van der Waals surface area (Å²) in [6.07, 6.45) is 1.89. The molecule has 20 heavy (non-hydrogen) atoms. The summed E-state index contributed by atoms with van der Waals surface area (Å²) in [6, 6.07) is 5.03. The van der Waals surface area contributed by atoms with E-state index in [-0.39, 0.29) is 0 Å². The number of nitrogen functional groups attached to an aromatic ring is 1. The molecule has 0 spiro atoms. The molecule has 0 radical (unpaired) electrons. The summed E-state index contributed by atoms with van der Waals surface area (Å²) in [5.74, 6) is 1.25. The summed E-state index contributed by atoms with van der Waals surface area (Å²) in [5, 5.41) is 0. The molecule has 1 aromatic carbocycles. The maximum atomic E-state index is 12.6. The molecule has 112 valence electrons. The summed E-state index contributed by atoms with van der Waals surface area (Å²) < 4.78 is 26.9. The minimum atomic E-state index is -3.40. The Morgan fingerprint density at radius 2 is 1.80 bits per heavy atom.